The molecule has 1 aromatic carbocycles. The van der Waals surface area contributed by atoms with Crippen LogP contribution in [0.4, 0.5) is 0 Å². The lowest BCUT2D eigenvalue weighted by Crippen LogP contribution is -2.23. The number of benzene rings is 1. The number of esters is 1. The van der Waals surface area contributed by atoms with E-state index in [0.29, 0.717) is 23.3 Å². The molecule has 0 spiro atoms. The van der Waals surface area contributed by atoms with Gasteiger partial charge in [0.15, 0.2) is 5.78 Å². The van der Waals surface area contributed by atoms with Crippen molar-refractivity contribution in [3.05, 3.63) is 41.0 Å². The number of hydrogen-bond donors (Lipinski definition) is 0. The van der Waals surface area contributed by atoms with Gasteiger partial charge in [-0.3, -0.25) is 9.59 Å². The van der Waals surface area contributed by atoms with E-state index < -0.39 is 5.60 Å². The van der Waals surface area contributed by atoms with Crippen LogP contribution in [-0.4, -0.2) is 24.5 Å². The van der Waals surface area contributed by atoms with Gasteiger partial charge in [0.1, 0.15) is 11.4 Å². The van der Waals surface area contributed by atoms with Crippen LogP contribution in [0.15, 0.2) is 29.8 Å². The van der Waals surface area contributed by atoms with Gasteiger partial charge in [-0.1, -0.05) is 12.1 Å². The molecule has 0 atom stereocenters. The lowest BCUT2D eigenvalue weighted by atomic mass is 9.86. The first-order chi connectivity index (χ1) is 10.3. The molecule has 0 N–H and O–H groups in total. The first-order valence-electron chi connectivity index (χ1n) is 7.42. The largest absolute Gasteiger partial charge is 0.497 e. The van der Waals surface area contributed by atoms with Crippen molar-refractivity contribution in [2.24, 2.45) is 0 Å². The molecule has 0 saturated carbocycles. The SMILES string of the molecule is COc1ccc2c(c1)C(=O)/C(=C/CC(=O)OC(C)(C)C)CC2. The molecule has 0 saturated heterocycles. The van der Waals surface area contributed by atoms with Gasteiger partial charge in [-0.25, -0.2) is 0 Å². The fraction of sp³-hybridized carbons (Fsp3) is 0.444. The maximum Gasteiger partial charge on any atom is 0.310 e. The topological polar surface area (TPSA) is 52.6 Å². The van der Waals surface area contributed by atoms with Crippen LogP contribution in [0.25, 0.3) is 0 Å². The highest BCUT2D eigenvalue weighted by Crippen LogP contribution is 2.28. The Morgan fingerprint density at radius 3 is 2.64 bits per heavy atom. The van der Waals surface area contributed by atoms with E-state index in [4.69, 9.17) is 9.47 Å². The minimum Gasteiger partial charge on any atom is -0.497 e. The quantitative estimate of drug-likeness (QED) is 0.633. The molecule has 0 bridgehead atoms. The lowest BCUT2D eigenvalue weighted by Gasteiger charge is -2.20. The summed E-state index contributed by atoms with van der Waals surface area (Å²) >= 11 is 0. The van der Waals surface area contributed by atoms with Crippen LogP contribution in [0.5, 0.6) is 5.75 Å². The number of carbonyl (C=O) groups excluding carboxylic acids is 2. The van der Waals surface area contributed by atoms with Crippen molar-refractivity contribution in [1.82, 2.24) is 0 Å². The molecule has 2 rings (SSSR count). The van der Waals surface area contributed by atoms with Crippen molar-refractivity contribution < 1.29 is 19.1 Å². The van der Waals surface area contributed by atoms with Gasteiger partial charge >= 0.3 is 5.97 Å². The number of ketones is 1. The molecule has 4 nitrogen and oxygen atoms in total. The molecule has 118 valence electrons. The van der Waals surface area contributed by atoms with Crippen LogP contribution in [-0.2, 0) is 16.0 Å². The zero-order valence-corrected chi connectivity index (χ0v) is 13.6. The van der Waals surface area contributed by atoms with E-state index in [0.717, 1.165) is 12.0 Å². The maximum atomic E-state index is 12.5. The molecule has 0 heterocycles. The Labute approximate surface area is 131 Å². The second kappa shape index (κ2) is 6.34. The Balaban J connectivity index is 2.12. The van der Waals surface area contributed by atoms with Gasteiger partial charge in [-0.15, -0.1) is 0 Å². The molecule has 4 heteroatoms. The predicted molar refractivity (Wildman–Crippen MR) is 84.2 cm³/mol. The first kappa shape index (κ1) is 16.3. The number of methoxy groups -OCH3 is 1. The van der Waals surface area contributed by atoms with Crippen LogP contribution in [0.2, 0.25) is 0 Å². The van der Waals surface area contributed by atoms with E-state index in [1.807, 2.05) is 32.9 Å². The van der Waals surface area contributed by atoms with Gasteiger partial charge in [-0.05, 0) is 56.9 Å². The number of fused-ring (bicyclic) bond motifs is 1. The second-order valence-corrected chi connectivity index (χ2v) is 6.37. The highest BCUT2D eigenvalue weighted by molar-refractivity contribution is 6.11. The van der Waals surface area contributed by atoms with E-state index in [2.05, 4.69) is 0 Å². The summed E-state index contributed by atoms with van der Waals surface area (Å²) in [5.74, 6) is 0.327. The van der Waals surface area contributed by atoms with Crippen LogP contribution >= 0.6 is 0 Å². The molecule has 22 heavy (non-hydrogen) atoms. The minimum absolute atomic E-state index is 0.0243. The second-order valence-electron chi connectivity index (χ2n) is 6.37. The third-order valence-electron chi connectivity index (χ3n) is 3.45. The standard InChI is InChI=1S/C18H22O4/c1-18(2,3)22-16(19)10-8-13-6-5-12-7-9-14(21-4)11-15(12)17(13)20/h7-9,11H,5-6,10H2,1-4H3/b13-8+. The summed E-state index contributed by atoms with van der Waals surface area (Å²) < 4.78 is 10.4. The van der Waals surface area contributed by atoms with Crippen molar-refractivity contribution in [3.8, 4) is 5.75 Å². The van der Waals surface area contributed by atoms with E-state index in [1.165, 1.54) is 0 Å². The van der Waals surface area contributed by atoms with Gasteiger partial charge in [0.2, 0.25) is 0 Å². The first-order valence-corrected chi connectivity index (χ1v) is 7.42. The maximum absolute atomic E-state index is 12.5. The molecule has 0 aromatic heterocycles. The monoisotopic (exact) mass is 302 g/mol. The van der Waals surface area contributed by atoms with Gasteiger partial charge in [0.25, 0.3) is 0 Å². The smallest absolute Gasteiger partial charge is 0.310 e. The van der Waals surface area contributed by atoms with Gasteiger partial charge in [-0.2, -0.15) is 0 Å². The Hall–Kier alpha value is -2.10. The van der Waals surface area contributed by atoms with Crippen LogP contribution in [0, 0.1) is 0 Å². The van der Waals surface area contributed by atoms with Gasteiger partial charge in [0.05, 0.1) is 13.5 Å². The number of aryl methyl sites for hydroxylation is 1. The molecule has 0 aliphatic heterocycles. The van der Waals surface area contributed by atoms with E-state index in [9.17, 15) is 9.59 Å². The summed E-state index contributed by atoms with van der Waals surface area (Å²) in [6.07, 6.45) is 3.27. The highest BCUT2D eigenvalue weighted by atomic mass is 16.6. The van der Waals surface area contributed by atoms with Crippen molar-refractivity contribution >= 4 is 11.8 Å². The average Bonchev–Trinajstić information content (AvgIpc) is 2.44. The lowest BCUT2D eigenvalue weighted by molar-refractivity contribution is -0.153. The number of allylic oxidation sites excluding steroid dienone is 1. The fourth-order valence-electron chi connectivity index (χ4n) is 2.45. The van der Waals surface area contributed by atoms with Gasteiger partial charge in [0, 0.05) is 5.56 Å². The van der Waals surface area contributed by atoms with E-state index >= 15 is 0 Å². The summed E-state index contributed by atoms with van der Waals surface area (Å²) in [4.78, 5) is 24.3. The number of rotatable bonds is 3. The van der Waals surface area contributed by atoms with Crippen molar-refractivity contribution in [3.63, 3.8) is 0 Å². The Kier molecular flexibility index (Phi) is 4.69. The molecular formula is C18H22O4. The van der Waals surface area contributed by atoms with Crippen molar-refractivity contribution in [2.45, 2.75) is 45.6 Å². The summed E-state index contributed by atoms with van der Waals surface area (Å²) in [5.41, 5.74) is 1.86. The van der Waals surface area contributed by atoms with Crippen molar-refractivity contribution in [2.75, 3.05) is 7.11 Å². The Morgan fingerprint density at radius 1 is 1.27 bits per heavy atom. The number of Topliss-reactive ketones (excluding diaryl/α,β-unsaturated/α-hetero) is 1. The third-order valence-corrected chi connectivity index (χ3v) is 3.45. The Morgan fingerprint density at radius 2 is 2.00 bits per heavy atom. The number of hydrogen-bond acceptors (Lipinski definition) is 4. The summed E-state index contributed by atoms with van der Waals surface area (Å²) in [6, 6.07) is 5.55. The number of ether oxygens (including phenoxy) is 2. The highest BCUT2D eigenvalue weighted by Gasteiger charge is 2.23. The average molecular weight is 302 g/mol. The zero-order valence-electron chi connectivity index (χ0n) is 13.6. The van der Waals surface area contributed by atoms with Crippen LogP contribution in [0.1, 0.15) is 49.5 Å². The van der Waals surface area contributed by atoms with Gasteiger partial charge < -0.3 is 9.47 Å². The summed E-state index contributed by atoms with van der Waals surface area (Å²) in [6.45, 7) is 5.48. The van der Waals surface area contributed by atoms with Crippen molar-refractivity contribution in [1.29, 1.82) is 0 Å². The minimum atomic E-state index is -0.508. The zero-order chi connectivity index (χ0) is 16.3. The number of carbonyl (C=O) groups is 2. The van der Waals surface area contributed by atoms with E-state index in [-0.39, 0.29) is 18.2 Å². The molecule has 1 aliphatic carbocycles. The predicted octanol–water partition coefficient (Wildman–Crippen LogP) is 3.48. The normalized spacial score (nSPS) is 16.4. The van der Waals surface area contributed by atoms with E-state index in [1.54, 1.807) is 19.3 Å². The fourth-order valence-corrected chi connectivity index (χ4v) is 2.45. The van der Waals surface area contributed by atoms with Crippen LogP contribution < -0.4 is 4.74 Å². The van der Waals surface area contributed by atoms with Crippen LogP contribution in [0.3, 0.4) is 0 Å². The molecule has 0 fully saturated rings. The molecule has 1 aliphatic rings. The molecule has 0 unspecified atom stereocenters. The molecule has 1 aromatic rings. The molecule has 0 radical (unpaired) electrons. The molecule has 0 amide bonds. The summed E-state index contributed by atoms with van der Waals surface area (Å²) in [7, 11) is 1.58. The summed E-state index contributed by atoms with van der Waals surface area (Å²) in [5, 5.41) is 0. The third kappa shape index (κ3) is 3.97. The Bertz CT molecular complexity index is 620. The molecular weight excluding hydrogens is 280 g/mol.